The van der Waals surface area contributed by atoms with E-state index in [-0.39, 0.29) is 24.6 Å². The Morgan fingerprint density at radius 1 is 1.40 bits per heavy atom. The maximum absolute atomic E-state index is 12.6. The number of pyridine rings is 1. The molecule has 0 aromatic carbocycles. The molecule has 0 unspecified atom stereocenters. The van der Waals surface area contributed by atoms with E-state index in [4.69, 9.17) is 9.47 Å². The van der Waals surface area contributed by atoms with E-state index in [1.807, 2.05) is 20.8 Å². The third kappa shape index (κ3) is 4.00. The molecule has 2 aliphatic rings. The highest BCUT2D eigenvalue weighted by Gasteiger charge is 2.42. The van der Waals surface area contributed by atoms with Gasteiger partial charge in [0.1, 0.15) is 5.60 Å². The maximum atomic E-state index is 12.6. The third-order valence-electron chi connectivity index (χ3n) is 4.15. The van der Waals surface area contributed by atoms with Crippen molar-refractivity contribution in [1.29, 1.82) is 0 Å². The second kappa shape index (κ2) is 6.74. The molecule has 25 heavy (non-hydrogen) atoms. The summed E-state index contributed by atoms with van der Waals surface area (Å²) < 4.78 is 40.4. The lowest BCUT2D eigenvalue weighted by Crippen LogP contribution is -2.49. The minimum atomic E-state index is -2.93. The summed E-state index contributed by atoms with van der Waals surface area (Å²) in [6.45, 7) is 3.26. The van der Waals surface area contributed by atoms with Crippen LogP contribution in [0.1, 0.15) is 50.9 Å². The van der Waals surface area contributed by atoms with Crippen molar-refractivity contribution in [1.82, 2.24) is 9.88 Å². The minimum absolute atomic E-state index is 0.155. The Labute approximate surface area is 145 Å². The molecule has 138 valence electrons. The van der Waals surface area contributed by atoms with E-state index >= 15 is 0 Å². The van der Waals surface area contributed by atoms with E-state index in [0.717, 1.165) is 18.4 Å². The van der Waals surface area contributed by atoms with Crippen molar-refractivity contribution in [2.75, 3.05) is 6.54 Å². The standard InChI is InChI=1S/C17H22F2N2O4/c1-17(2,3)25-16(22)21-8-4-5-12-14(21)10-6-7-13(24-15(18)19)20-11(10)9-23-12/h6-7,12,14-15H,4-5,8-9H2,1-3H3/t12-,14-/m0/s1. The average molecular weight is 356 g/mol. The Morgan fingerprint density at radius 2 is 2.16 bits per heavy atom. The number of nitrogens with zero attached hydrogens (tertiary/aromatic N) is 2. The topological polar surface area (TPSA) is 60.9 Å². The molecule has 2 atom stereocenters. The van der Waals surface area contributed by atoms with E-state index in [1.165, 1.54) is 6.07 Å². The van der Waals surface area contributed by atoms with Crippen LogP contribution in [0.25, 0.3) is 0 Å². The highest BCUT2D eigenvalue weighted by molar-refractivity contribution is 5.69. The Hall–Kier alpha value is -1.96. The second-order valence-electron chi connectivity index (χ2n) is 7.17. The van der Waals surface area contributed by atoms with Gasteiger partial charge in [0, 0.05) is 18.2 Å². The summed E-state index contributed by atoms with van der Waals surface area (Å²) in [4.78, 5) is 18.3. The van der Waals surface area contributed by atoms with Crippen molar-refractivity contribution < 1.29 is 27.8 Å². The summed E-state index contributed by atoms with van der Waals surface area (Å²) >= 11 is 0. The van der Waals surface area contributed by atoms with E-state index in [9.17, 15) is 13.6 Å². The largest absolute Gasteiger partial charge is 0.444 e. The number of halogens is 2. The fourth-order valence-corrected chi connectivity index (χ4v) is 3.25. The van der Waals surface area contributed by atoms with Crippen molar-refractivity contribution in [2.45, 2.75) is 64.6 Å². The summed E-state index contributed by atoms with van der Waals surface area (Å²) in [6, 6.07) is 2.75. The minimum Gasteiger partial charge on any atom is -0.444 e. The number of likely N-dealkylation sites (tertiary alicyclic amines) is 1. The first-order chi connectivity index (χ1) is 11.7. The van der Waals surface area contributed by atoms with Crippen molar-refractivity contribution in [3.63, 3.8) is 0 Å². The summed E-state index contributed by atoms with van der Waals surface area (Å²) in [5.41, 5.74) is 0.702. The quantitative estimate of drug-likeness (QED) is 0.809. The molecule has 0 bridgehead atoms. The van der Waals surface area contributed by atoms with Gasteiger partial charge in [-0.1, -0.05) is 0 Å². The van der Waals surface area contributed by atoms with Crippen LogP contribution >= 0.6 is 0 Å². The first kappa shape index (κ1) is 17.8. The van der Waals surface area contributed by atoms with Crippen LogP contribution in [-0.4, -0.2) is 40.8 Å². The first-order valence-corrected chi connectivity index (χ1v) is 8.30. The van der Waals surface area contributed by atoms with Gasteiger partial charge in [-0.3, -0.25) is 4.90 Å². The molecular weight excluding hydrogens is 334 g/mol. The van der Waals surface area contributed by atoms with E-state index < -0.39 is 18.3 Å². The van der Waals surface area contributed by atoms with Crippen LogP contribution in [0.5, 0.6) is 5.88 Å². The average Bonchev–Trinajstić information content (AvgIpc) is 2.51. The number of hydrogen-bond acceptors (Lipinski definition) is 5. The van der Waals surface area contributed by atoms with Crippen LogP contribution in [0, 0.1) is 0 Å². The van der Waals surface area contributed by atoms with E-state index in [0.29, 0.717) is 12.2 Å². The van der Waals surface area contributed by atoms with Crippen molar-refractivity contribution >= 4 is 6.09 Å². The fraction of sp³-hybridized carbons (Fsp3) is 0.647. The molecule has 2 aliphatic heterocycles. The maximum Gasteiger partial charge on any atom is 0.410 e. The van der Waals surface area contributed by atoms with Gasteiger partial charge >= 0.3 is 12.7 Å². The molecule has 0 spiro atoms. The van der Waals surface area contributed by atoms with Crippen LogP contribution in [0.3, 0.4) is 0 Å². The monoisotopic (exact) mass is 356 g/mol. The number of carbonyl (C=O) groups excluding carboxylic acids is 1. The van der Waals surface area contributed by atoms with Gasteiger partial charge in [0.2, 0.25) is 5.88 Å². The van der Waals surface area contributed by atoms with Crippen molar-refractivity contribution in [2.24, 2.45) is 0 Å². The fourth-order valence-electron chi connectivity index (χ4n) is 3.25. The van der Waals surface area contributed by atoms with Gasteiger partial charge in [-0.25, -0.2) is 9.78 Å². The molecule has 1 fully saturated rings. The smallest absolute Gasteiger partial charge is 0.410 e. The van der Waals surface area contributed by atoms with Gasteiger partial charge in [-0.05, 0) is 39.7 Å². The molecule has 1 aromatic rings. The zero-order chi connectivity index (χ0) is 18.2. The molecule has 6 nitrogen and oxygen atoms in total. The molecule has 0 radical (unpaired) electrons. The van der Waals surface area contributed by atoms with Crippen LogP contribution in [0.15, 0.2) is 12.1 Å². The molecule has 1 aromatic heterocycles. The summed E-state index contributed by atoms with van der Waals surface area (Å²) in [6.07, 6.45) is 1.07. The Bertz CT molecular complexity index is 648. The second-order valence-corrected chi connectivity index (χ2v) is 7.17. The molecule has 3 heterocycles. The van der Waals surface area contributed by atoms with Crippen LogP contribution < -0.4 is 4.74 Å². The molecule has 0 N–H and O–H groups in total. The predicted molar refractivity (Wildman–Crippen MR) is 84.4 cm³/mol. The number of hydrogen-bond donors (Lipinski definition) is 0. The Kier molecular flexibility index (Phi) is 4.81. The molecule has 0 saturated carbocycles. The van der Waals surface area contributed by atoms with Gasteiger partial charge in [0.15, 0.2) is 0 Å². The Morgan fingerprint density at radius 3 is 2.84 bits per heavy atom. The molecule has 8 heteroatoms. The van der Waals surface area contributed by atoms with Gasteiger partial charge in [0.25, 0.3) is 0 Å². The number of ether oxygens (including phenoxy) is 3. The Balaban J connectivity index is 1.88. The normalized spacial score (nSPS) is 23.0. The van der Waals surface area contributed by atoms with Gasteiger partial charge in [-0.2, -0.15) is 8.78 Å². The van der Waals surface area contributed by atoms with Crippen LogP contribution in [0.4, 0.5) is 13.6 Å². The molecule has 1 saturated heterocycles. The van der Waals surface area contributed by atoms with Crippen molar-refractivity contribution in [3.8, 4) is 5.88 Å². The summed E-state index contributed by atoms with van der Waals surface area (Å²) in [5, 5.41) is 0. The number of fused-ring (bicyclic) bond motifs is 3. The van der Waals surface area contributed by atoms with Crippen LogP contribution in [-0.2, 0) is 16.1 Å². The highest BCUT2D eigenvalue weighted by Crippen LogP contribution is 2.40. The highest BCUT2D eigenvalue weighted by atomic mass is 19.3. The van der Waals surface area contributed by atoms with Crippen LogP contribution in [0.2, 0.25) is 0 Å². The lowest BCUT2D eigenvalue weighted by molar-refractivity contribution is -0.0740. The summed E-state index contributed by atoms with van der Waals surface area (Å²) in [7, 11) is 0. The van der Waals surface area contributed by atoms with E-state index in [2.05, 4.69) is 9.72 Å². The molecule has 3 rings (SSSR count). The van der Waals surface area contributed by atoms with Crippen molar-refractivity contribution in [3.05, 3.63) is 23.4 Å². The zero-order valence-corrected chi connectivity index (χ0v) is 14.5. The number of piperidine rings is 1. The number of amides is 1. The zero-order valence-electron chi connectivity index (χ0n) is 14.5. The summed E-state index contributed by atoms with van der Waals surface area (Å²) in [5.74, 6) is -0.157. The first-order valence-electron chi connectivity index (χ1n) is 8.30. The van der Waals surface area contributed by atoms with Gasteiger partial charge in [0.05, 0.1) is 24.4 Å². The SMILES string of the molecule is CC(C)(C)OC(=O)N1CCC[C@@H]2OCc3nc(OC(F)F)ccc3[C@@H]21. The van der Waals surface area contributed by atoms with E-state index in [1.54, 1.807) is 11.0 Å². The molecular formula is C17H22F2N2O4. The lowest BCUT2D eigenvalue weighted by atomic mass is 9.89. The predicted octanol–water partition coefficient (Wildman–Crippen LogP) is 3.65. The molecule has 1 amide bonds. The number of aromatic nitrogens is 1. The lowest BCUT2D eigenvalue weighted by Gasteiger charge is -2.44. The number of rotatable bonds is 2. The van der Waals surface area contributed by atoms with Gasteiger partial charge in [-0.15, -0.1) is 0 Å². The number of carbonyl (C=O) groups is 1. The van der Waals surface area contributed by atoms with Gasteiger partial charge < -0.3 is 14.2 Å². The third-order valence-corrected chi connectivity index (χ3v) is 4.15. The number of alkyl halides is 2. The molecule has 0 aliphatic carbocycles.